The third-order valence-corrected chi connectivity index (χ3v) is 2.88. The Kier molecular flexibility index (Phi) is 5.65. The van der Waals surface area contributed by atoms with Crippen molar-refractivity contribution in [3.05, 3.63) is 46.0 Å². The Balaban J connectivity index is 1.99. The Morgan fingerprint density at radius 2 is 2.32 bits per heavy atom. The summed E-state index contributed by atoms with van der Waals surface area (Å²) in [6.07, 6.45) is 3.76. The van der Waals surface area contributed by atoms with Crippen LogP contribution in [0.5, 0.6) is 5.75 Å². The van der Waals surface area contributed by atoms with E-state index in [1.54, 1.807) is 13.1 Å². The molecule has 0 bridgehead atoms. The topological polar surface area (TPSA) is 92.3 Å². The van der Waals surface area contributed by atoms with Gasteiger partial charge in [-0.2, -0.15) is 15.2 Å². The van der Waals surface area contributed by atoms with Crippen LogP contribution in [0.1, 0.15) is 31.0 Å². The summed E-state index contributed by atoms with van der Waals surface area (Å²) < 4.78 is 5.64. The zero-order valence-electron chi connectivity index (χ0n) is 12.7. The van der Waals surface area contributed by atoms with E-state index in [0.717, 1.165) is 24.2 Å². The molecular formula is C15H19N5O2. The van der Waals surface area contributed by atoms with Gasteiger partial charge in [-0.05, 0) is 31.0 Å². The number of H-pyrrole nitrogens is 1. The highest BCUT2D eigenvalue weighted by Crippen LogP contribution is 2.12. The third kappa shape index (κ3) is 4.69. The highest BCUT2D eigenvalue weighted by atomic mass is 16.5. The van der Waals surface area contributed by atoms with Gasteiger partial charge >= 0.3 is 5.69 Å². The fourth-order valence-corrected chi connectivity index (χ4v) is 1.68. The average molecular weight is 301 g/mol. The Bertz CT molecular complexity index is 696. The standard InChI is InChI=1S/C15H19N5O2/c1-3-4-8-22-13-7-5-6-12(9-13)10-16-19-14-11(2)18-20-15(21)17-14/h5-7,9-10H,3-4,8H2,1-2H3,(H2,17,19,20,21)/b16-10+. The first kappa shape index (κ1) is 15.7. The van der Waals surface area contributed by atoms with Gasteiger partial charge in [0, 0.05) is 0 Å². The van der Waals surface area contributed by atoms with Gasteiger partial charge in [0.15, 0.2) is 5.82 Å². The second-order valence-corrected chi connectivity index (χ2v) is 4.72. The van der Waals surface area contributed by atoms with Gasteiger partial charge in [0.1, 0.15) is 11.4 Å². The van der Waals surface area contributed by atoms with E-state index in [2.05, 4.69) is 32.6 Å². The molecule has 2 aromatic rings. The van der Waals surface area contributed by atoms with E-state index in [1.807, 2.05) is 24.3 Å². The maximum atomic E-state index is 11.1. The Labute approximate surface area is 128 Å². The van der Waals surface area contributed by atoms with Gasteiger partial charge in [-0.3, -0.25) is 5.43 Å². The van der Waals surface area contributed by atoms with E-state index < -0.39 is 5.69 Å². The summed E-state index contributed by atoms with van der Waals surface area (Å²) in [7, 11) is 0. The number of aryl methyl sites for hydroxylation is 1. The third-order valence-electron chi connectivity index (χ3n) is 2.88. The number of hydrazone groups is 1. The van der Waals surface area contributed by atoms with Crippen LogP contribution in [0.15, 0.2) is 34.2 Å². The van der Waals surface area contributed by atoms with Gasteiger partial charge in [-0.1, -0.05) is 25.5 Å². The monoisotopic (exact) mass is 301 g/mol. The van der Waals surface area contributed by atoms with Crippen molar-refractivity contribution in [1.29, 1.82) is 0 Å². The van der Waals surface area contributed by atoms with E-state index in [9.17, 15) is 4.79 Å². The van der Waals surface area contributed by atoms with E-state index in [1.165, 1.54) is 0 Å². The molecule has 0 amide bonds. The smallest absolute Gasteiger partial charge is 0.363 e. The van der Waals surface area contributed by atoms with Crippen LogP contribution in [0.3, 0.4) is 0 Å². The molecule has 2 N–H and O–H groups in total. The highest BCUT2D eigenvalue weighted by molar-refractivity contribution is 5.80. The predicted molar refractivity (Wildman–Crippen MR) is 85.5 cm³/mol. The molecule has 116 valence electrons. The SMILES string of the molecule is CCCCOc1cccc(/C=N/Nc2nc(=O)[nH]nc2C)c1. The molecular weight excluding hydrogens is 282 g/mol. The Morgan fingerprint density at radius 1 is 1.45 bits per heavy atom. The zero-order chi connectivity index (χ0) is 15.8. The molecule has 0 atom stereocenters. The number of ether oxygens (including phenoxy) is 1. The van der Waals surface area contributed by atoms with Gasteiger partial charge < -0.3 is 4.74 Å². The number of aromatic amines is 1. The lowest BCUT2D eigenvalue weighted by Gasteiger charge is -2.05. The van der Waals surface area contributed by atoms with Crippen LogP contribution in [0, 0.1) is 6.92 Å². The summed E-state index contributed by atoms with van der Waals surface area (Å²) in [5.41, 5.74) is 3.64. The fraction of sp³-hybridized carbons (Fsp3) is 0.333. The summed E-state index contributed by atoms with van der Waals surface area (Å²) in [6.45, 7) is 4.55. The van der Waals surface area contributed by atoms with Crippen LogP contribution in [-0.2, 0) is 0 Å². The van der Waals surface area contributed by atoms with Gasteiger partial charge in [-0.25, -0.2) is 9.89 Å². The second-order valence-electron chi connectivity index (χ2n) is 4.72. The molecule has 0 aliphatic heterocycles. The molecule has 1 heterocycles. The van der Waals surface area contributed by atoms with Crippen LogP contribution >= 0.6 is 0 Å². The fourth-order valence-electron chi connectivity index (χ4n) is 1.68. The maximum absolute atomic E-state index is 11.1. The normalized spacial score (nSPS) is 10.8. The molecule has 0 unspecified atom stereocenters. The molecule has 1 aromatic carbocycles. The summed E-state index contributed by atoms with van der Waals surface area (Å²) in [4.78, 5) is 14.9. The number of benzene rings is 1. The van der Waals surface area contributed by atoms with Crippen molar-refractivity contribution >= 4 is 12.0 Å². The molecule has 0 spiro atoms. The number of anilines is 1. The largest absolute Gasteiger partial charge is 0.494 e. The molecule has 0 fully saturated rings. The van der Waals surface area contributed by atoms with Crippen LogP contribution in [0.25, 0.3) is 0 Å². The number of nitrogens with one attached hydrogen (secondary N) is 2. The Hall–Kier alpha value is -2.70. The van der Waals surface area contributed by atoms with Crippen molar-refractivity contribution in [3.63, 3.8) is 0 Å². The van der Waals surface area contributed by atoms with Crippen molar-refractivity contribution in [3.8, 4) is 5.75 Å². The van der Waals surface area contributed by atoms with Crippen molar-refractivity contribution in [2.24, 2.45) is 5.10 Å². The molecule has 0 saturated heterocycles. The van der Waals surface area contributed by atoms with Crippen LogP contribution in [0.2, 0.25) is 0 Å². The summed E-state index contributed by atoms with van der Waals surface area (Å²) in [6, 6.07) is 7.62. The first-order chi connectivity index (χ1) is 10.7. The minimum atomic E-state index is -0.519. The van der Waals surface area contributed by atoms with E-state index in [4.69, 9.17) is 4.74 Å². The zero-order valence-corrected chi connectivity index (χ0v) is 12.7. The molecule has 22 heavy (non-hydrogen) atoms. The van der Waals surface area contributed by atoms with Crippen LogP contribution in [-0.4, -0.2) is 28.0 Å². The first-order valence-corrected chi connectivity index (χ1v) is 7.14. The van der Waals surface area contributed by atoms with E-state index >= 15 is 0 Å². The van der Waals surface area contributed by atoms with Crippen LogP contribution in [0.4, 0.5) is 5.82 Å². The van der Waals surface area contributed by atoms with Gasteiger partial charge in [0.25, 0.3) is 0 Å². The minimum Gasteiger partial charge on any atom is -0.494 e. The van der Waals surface area contributed by atoms with Gasteiger partial charge in [-0.15, -0.1) is 0 Å². The Morgan fingerprint density at radius 3 is 3.14 bits per heavy atom. The van der Waals surface area contributed by atoms with Gasteiger partial charge in [0.05, 0.1) is 12.8 Å². The number of nitrogens with zero attached hydrogens (tertiary/aromatic N) is 3. The molecule has 0 aliphatic carbocycles. The number of rotatable bonds is 7. The summed E-state index contributed by atoms with van der Waals surface area (Å²) in [5, 5.41) is 10.1. The molecule has 7 nitrogen and oxygen atoms in total. The number of aromatic nitrogens is 3. The maximum Gasteiger partial charge on any atom is 0.363 e. The van der Waals surface area contributed by atoms with Gasteiger partial charge in [0.2, 0.25) is 0 Å². The summed E-state index contributed by atoms with van der Waals surface area (Å²) in [5.74, 6) is 1.14. The molecule has 1 aromatic heterocycles. The van der Waals surface area contributed by atoms with E-state index in [-0.39, 0.29) is 0 Å². The molecule has 0 saturated carbocycles. The van der Waals surface area contributed by atoms with Crippen molar-refractivity contribution in [1.82, 2.24) is 15.2 Å². The van der Waals surface area contributed by atoms with Crippen LogP contribution < -0.4 is 15.9 Å². The second kappa shape index (κ2) is 7.92. The number of hydrogen-bond donors (Lipinski definition) is 2. The first-order valence-electron chi connectivity index (χ1n) is 7.14. The minimum absolute atomic E-state index is 0.329. The average Bonchev–Trinajstić information content (AvgIpc) is 2.51. The highest BCUT2D eigenvalue weighted by Gasteiger charge is 2.00. The molecule has 0 aliphatic rings. The van der Waals surface area contributed by atoms with Crippen molar-refractivity contribution in [2.45, 2.75) is 26.7 Å². The molecule has 7 heteroatoms. The number of hydrogen-bond acceptors (Lipinski definition) is 6. The lowest BCUT2D eigenvalue weighted by molar-refractivity contribution is 0.309. The molecule has 2 rings (SSSR count). The van der Waals surface area contributed by atoms with Crippen molar-refractivity contribution in [2.75, 3.05) is 12.0 Å². The molecule has 0 radical (unpaired) electrons. The summed E-state index contributed by atoms with van der Waals surface area (Å²) >= 11 is 0. The quantitative estimate of drug-likeness (QED) is 0.464. The lowest BCUT2D eigenvalue weighted by Crippen LogP contribution is -2.15. The number of unbranched alkanes of at least 4 members (excludes halogenated alkanes) is 1. The lowest BCUT2D eigenvalue weighted by atomic mass is 10.2. The van der Waals surface area contributed by atoms with E-state index in [0.29, 0.717) is 18.1 Å². The predicted octanol–water partition coefficient (Wildman–Crippen LogP) is 2.10. The van der Waals surface area contributed by atoms with Crippen molar-refractivity contribution < 1.29 is 4.74 Å².